The van der Waals surface area contributed by atoms with Crippen molar-refractivity contribution in [3.8, 4) is 0 Å². The van der Waals surface area contributed by atoms with Gasteiger partial charge in [0.1, 0.15) is 5.82 Å². The van der Waals surface area contributed by atoms with Crippen molar-refractivity contribution in [2.45, 2.75) is 6.54 Å². The summed E-state index contributed by atoms with van der Waals surface area (Å²) in [6.45, 7) is 0.0652. The zero-order chi connectivity index (χ0) is 19.2. The Kier molecular flexibility index (Phi) is 5.46. The van der Waals surface area contributed by atoms with Gasteiger partial charge < -0.3 is 10.7 Å². The minimum atomic E-state index is -1.01. The fourth-order valence-electron chi connectivity index (χ4n) is 2.25. The number of pyridine rings is 1. The zero-order valence-electron chi connectivity index (χ0n) is 14.1. The second-order valence-electron chi connectivity index (χ2n) is 5.52. The lowest BCUT2D eigenvalue weighted by atomic mass is 10.1. The van der Waals surface area contributed by atoms with Crippen LogP contribution in [0, 0.1) is 11.6 Å². The number of hydrogen-bond donors (Lipinski definition) is 2. The highest BCUT2D eigenvalue weighted by molar-refractivity contribution is 6.10. The molecular formula is C19H15F2N5O. The Hall–Kier alpha value is -3.68. The number of hydrogen-bond acceptors (Lipinski definition) is 5. The van der Waals surface area contributed by atoms with E-state index in [-0.39, 0.29) is 23.9 Å². The summed E-state index contributed by atoms with van der Waals surface area (Å²) in [5.41, 5.74) is 6.38. The van der Waals surface area contributed by atoms with Gasteiger partial charge in [0.05, 0.1) is 29.8 Å². The van der Waals surface area contributed by atoms with E-state index in [4.69, 9.17) is 5.73 Å². The van der Waals surface area contributed by atoms with Crippen LogP contribution in [0.4, 0.5) is 8.78 Å². The number of aliphatic imine (C=N–C) groups is 1. The Balaban J connectivity index is 1.99. The van der Waals surface area contributed by atoms with Gasteiger partial charge in [-0.15, -0.1) is 0 Å². The number of aromatic nitrogens is 3. The number of nitrogens with zero attached hydrogens (tertiary/aromatic N) is 3. The molecule has 1 aromatic carbocycles. The number of nitrogens with two attached hydrogens (primary N) is 1. The summed E-state index contributed by atoms with van der Waals surface area (Å²) in [6, 6.07) is 11.5. The molecule has 0 saturated heterocycles. The highest BCUT2D eigenvalue weighted by Crippen LogP contribution is 2.11. The maximum absolute atomic E-state index is 13.8. The van der Waals surface area contributed by atoms with Crippen LogP contribution in [0.1, 0.15) is 17.1 Å². The molecule has 0 aliphatic carbocycles. The summed E-state index contributed by atoms with van der Waals surface area (Å²) < 4.78 is 26.9. The third kappa shape index (κ3) is 4.49. The summed E-state index contributed by atoms with van der Waals surface area (Å²) in [7, 11) is 0. The van der Waals surface area contributed by atoms with Crippen molar-refractivity contribution in [3.63, 3.8) is 0 Å². The SMILES string of the molecule is N/C(=C\C(=NCc1ccccc1F)c1ccccn1)c1ncc(F)c(=O)[nH]1. The minimum absolute atomic E-state index is 0.00378. The lowest BCUT2D eigenvalue weighted by Gasteiger charge is -2.05. The molecule has 3 rings (SSSR count). The zero-order valence-corrected chi connectivity index (χ0v) is 14.1. The number of aromatic amines is 1. The van der Waals surface area contributed by atoms with Gasteiger partial charge in [-0.05, 0) is 24.3 Å². The van der Waals surface area contributed by atoms with E-state index in [0.717, 1.165) is 6.20 Å². The summed E-state index contributed by atoms with van der Waals surface area (Å²) >= 11 is 0. The maximum Gasteiger partial charge on any atom is 0.287 e. The number of allylic oxidation sites excluding steroid dienone is 1. The molecule has 0 fully saturated rings. The largest absolute Gasteiger partial charge is 0.396 e. The predicted molar refractivity (Wildman–Crippen MR) is 97.9 cm³/mol. The first kappa shape index (κ1) is 18.1. The number of rotatable bonds is 5. The average Bonchev–Trinajstić information content (AvgIpc) is 2.69. The minimum Gasteiger partial charge on any atom is -0.396 e. The molecule has 0 aliphatic rings. The molecule has 3 N–H and O–H groups in total. The molecule has 2 heterocycles. The smallest absolute Gasteiger partial charge is 0.287 e. The van der Waals surface area contributed by atoms with Crippen LogP contribution in [0.25, 0.3) is 5.70 Å². The first-order chi connectivity index (χ1) is 13.0. The van der Waals surface area contributed by atoms with Crippen molar-refractivity contribution in [1.29, 1.82) is 0 Å². The van der Waals surface area contributed by atoms with Crippen molar-refractivity contribution in [1.82, 2.24) is 15.0 Å². The molecule has 0 unspecified atom stereocenters. The molecule has 8 heteroatoms. The summed E-state index contributed by atoms with van der Waals surface area (Å²) in [4.78, 5) is 26.0. The molecule has 0 atom stereocenters. The van der Waals surface area contributed by atoms with E-state index in [2.05, 4.69) is 19.9 Å². The van der Waals surface area contributed by atoms with Crippen LogP contribution >= 0.6 is 0 Å². The van der Waals surface area contributed by atoms with E-state index in [9.17, 15) is 13.6 Å². The molecule has 2 aromatic heterocycles. The monoisotopic (exact) mass is 367 g/mol. The van der Waals surface area contributed by atoms with Crippen LogP contribution in [0.3, 0.4) is 0 Å². The van der Waals surface area contributed by atoms with Crippen molar-refractivity contribution in [3.05, 3.63) is 100 Å². The Morgan fingerprint density at radius 3 is 2.59 bits per heavy atom. The Morgan fingerprint density at radius 1 is 1.11 bits per heavy atom. The Morgan fingerprint density at radius 2 is 1.89 bits per heavy atom. The highest BCUT2D eigenvalue weighted by atomic mass is 19.1. The van der Waals surface area contributed by atoms with Crippen molar-refractivity contribution in [2.75, 3.05) is 0 Å². The van der Waals surface area contributed by atoms with Gasteiger partial charge in [0.15, 0.2) is 5.82 Å². The molecule has 0 radical (unpaired) electrons. The van der Waals surface area contributed by atoms with Gasteiger partial charge in [-0.25, -0.2) is 9.37 Å². The quantitative estimate of drug-likeness (QED) is 0.677. The van der Waals surface area contributed by atoms with Gasteiger partial charge in [0.2, 0.25) is 5.82 Å². The second kappa shape index (κ2) is 8.13. The number of H-pyrrole nitrogens is 1. The highest BCUT2D eigenvalue weighted by Gasteiger charge is 2.08. The topological polar surface area (TPSA) is 97.0 Å². The molecule has 0 spiro atoms. The molecule has 0 amide bonds. The first-order valence-corrected chi connectivity index (χ1v) is 7.96. The van der Waals surface area contributed by atoms with Crippen LogP contribution in [0.15, 0.2) is 70.7 Å². The van der Waals surface area contributed by atoms with Gasteiger partial charge in [-0.2, -0.15) is 4.39 Å². The molecule has 3 aromatic rings. The second-order valence-corrected chi connectivity index (χ2v) is 5.52. The van der Waals surface area contributed by atoms with Crippen molar-refractivity contribution < 1.29 is 8.78 Å². The van der Waals surface area contributed by atoms with Crippen LogP contribution in [0.5, 0.6) is 0 Å². The predicted octanol–water partition coefficient (Wildman–Crippen LogP) is 2.43. The van der Waals surface area contributed by atoms with Crippen LogP contribution < -0.4 is 11.3 Å². The lowest BCUT2D eigenvalue weighted by molar-refractivity contribution is 0.599. The van der Waals surface area contributed by atoms with E-state index in [1.807, 2.05) is 0 Å². The van der Waals surface area contributed by atoms with Gasteiger partial charge >= 0.3 is 0 Å². The Bertz CT molecular complexity index is 1060. The van der Waals surface area contributed by atoms with E-state index < -0.39 is 11.4 Å². The van der Waals surface area contributed by atoms with Gasteiger partial charge in [-0.3, -0.25) is 14.8 Å². The van der Waals surface area contributed by atoms with E-state index in [1.165, 1.54) is 12.1 Å². The fraction of sp³-hybridized carbons (Fsp3) is 0.0526. The standard InChI is InChI=1S/C19H15F2N5O/c20-13-6-2-1-5-12(13)10-24-17(16-7-3-4-8-23-16)9-15(22)18-25-11-14(21)19(27)26-18/h1-9,11H,10,22H2,(H,25,26,27)/b15-9-,24-17?. The van der Waals surface area contributed by atoms with Crippen molar-refractivity contribution >= 4 is 11.4 Å². The molecule has 6 nitrogen and oxygen atoms in total. The van der Waals surface area contributed by atoms with Crippen LogP contribution in [0.2, 0.25) is 0 Å². The average molecular weight is 367 g/mol. The number of benzene rings is 1. The van der Waals surface area contributed by atoms with Gasteiger partial charge in [0.25, 0.3) is 5.56 Å². The fourth-order valence-corrected chi connectivity index (χ4v) is 2.25. The number of nitrogens with one attached hydrogen (secondary N) is 1. The molecular weight excluding hydrogens is 352 g/mol. The van der Waals surface area contributed by atoms with E-state index in [0.29, 0.717) is 17.0 Å². The molecule has 0 aliphatic heterocycles. The molecule has 0 saturated carbocycles. The summed E-state index contributed by atoms with van der Waals surface area (Å²) in [5.74, 6) is -1.39. The first-order valence-electron chi connectivity index (χ1n) is 7.96. The van der Waals surface area contributed by atoms with E-state index in [1.54, 1.807) is 42.6 Å². The lowest BCUT2D eigenvalue weighted by Crippen LogP contribution is -2.17. The van der Waals surface area contributed by atoms with Gasteiger partial charge in [-0.1, -0.05) is 24.3 Å². The third-order valence-corrected chi connectivity index (χ3v) is 3.63. The van der Waals surface area contributed by atoms with Crippen LogP contribution in [-0.2, 0) is 6.54 Å². The number of halogens is 2. The van der Waals surface area contributed by atoms with Crippen LogP contribution in [-0.4, -0.2) is 20.7 Å². The maximum atomic E-state index is 13.8. The van der Waals surface area contributed by atoms with Crippen molar-refractivity contribution in [2.24, 2.45) is 10.7 Å². The molecule has 27 heavy (non-hydrogen) atoms. The summed E-state index contributed by atoms with van der Waals surface area (Å²) in [5, 5.41) is 0. The molecule has 136 valence electrons. The normalized spacial score (nSPS) is 12.2. The molecule has 0 bridgehead atoms. The summed E-state index contributed by atoms with van der Waals surface area (Å²) in [6.07, 6.45) is 3.81. The third-order valence-electron chi connectivity index (χ3n) is 3.63. The van der Waals surface area contributed by atoms with Gasteiger partial charge in [0, 0.05) is 11.8 Å². The Labute approximate surface area is 153 Å². The van der Waals surface area contributed by atoms with E-state index >= 15 is 0 Å².